The van der Waals surface area contributed by atoms with Crippen molar-refractivity contribution in [2.75, 3.05) is 6.61 Å². The standard InChI is InChI=1S/C19H22ClNO3/c1-19(2)14-9-12(10-15(19)11-14)7-8-24-18(23)21-17(22)13-3-5-16(20)6-4-13/h3-6,9,14-15H,7-8,10-11H2,1-2H3,(H,21,22,23)/t14-,15+/m1/s1. The van der Waals surface area contributed by atoms with Gasteiger partial charge >= 0.3 is 6.09 Å². The molecule has 1 fully saturated rings. The lowest BCUT2D eigenvalue weighted by Crippen LogP contribution is -2.46. The number of hydrogen-bond donors (Lipinski definition) is 1. The van der Waals surface area contributed by atoms with Gasteiger partial charge in [0.15, 0.2) is 0 Å². The number of carbonyl (C=O) groups excluding carboxylic acids is 2. The summed E-state index contributed by atoms with van der Waals surface area (Å²) in [7, 11) is 0. The first-order valence-electron chi connectivity index (χ1n) is 8.29. The van der Waals surface area contributed by atoms with Gasteiger partial charge in [-0.05, 0) is 54.4 Å². The van der Waals surface area contributed by atoms with Gasteiger partial charge in [0.1, 0.15) is 0 Å². The number of hydrogen-bond acceptors (Lipinski definition) is 3. The van der Waals surface area contributed by atoms with Crippen LogP contribution in [-0.2, 0) is 4.74 Å². The third kappa shape index (κ3) is 3.48. The fourth-order valence-electron chi connectivity index (χ4n) is 3.62. The van der Waals surface area contributed by atoms with Crippen LogP contribution in [0.5, 0.6) is 0 Å². The number of imide groups is 1. The molecule has 1 aromatic rings. The lowest BCUT2D eigenvalue weighted by atomic mass is 9.50. The second kappa shape index (κ2) is 6.60. The van der Waals surface area contributed by atoms with Gasteiger partial charge in [-0.2, -0.15) is 0 Å². The minimum Gasteiger partial charge on any atom is -0.449 e. The zero-order valence-electron chi connectivity index (χ0n) is 14.0. The number of allylic oxidation sites excluding steroid dienone is 1. The van der Waals surface area contributed by atoms with E-state index < -0.39 is 12.0 Å². The van der Waals surface area contributed by atoms with E-state index in [4.69, 9.17) is 16.3 Å². The molecule has 5 heteroatoms. The summed E-state index contributed by atoms with van der Waals surface area (Å²) < 4.78 is 5.12. The maximum Gasteiger partial charge on any atom is 0.414 e. The Morgan fingerprint density at radius 2 is 2.00 bits per heavy atom. The molecule has 0 radical (unpaired) electrons. The van der Waals surface area contributed by atoms with Crippen LogP contribution in [0, 0.1) is 17.3 Å². The maximum absolute atomic E-state index is 11.9. The van der Waals surface area contributed by atoms with Crippen LogP contribution in [0.15, 0.2) is 35.9 Å². The minimum atomic E-state index is -0.711. The summed E-state index contributed by atoms with van der Waals surface area (Å²) in [4.78, 5) is 23.6. The summed E-state index contributed by atoms with van der Waals surface area (Å²) in [5.74, 6) is 0.922. The summed E-state index contributed by atoms with van der Waals surface area (Å²) in [6.07, 6.45) is 4.76. The van der Waals surface area contributed by atoms with Crippen LogP contribution < -0.4 is 5.32 Å². The summed E-state index contributed by atoms with van der Waals surface area (Å²) >= 11 is 5.77. The molecule has 4 nitrogen and oxygen atoms in total. The Bertz CT molecular complexity index is 678. The van der Waals surface area contributed by atoms with E-state index in [1.807, 2.05) is 0 Å². The van der Waals surface area contributed by atoms with Crippen molar-refractivity contribution in [1.82, 2.24) is 5.32 Å². The minimum absolute atomic E-state index is 0.297. The molecule has 1 N–H and O–H groups in total. The number of carbonyl (C=O) groups is 2. The van der Waals surface area contributed by atoms with Gasteiger partial charge in [-0.1, -0.05) is 37.1 Å². The van der Waals surface area contributed by atoms with Crippen molar-refractivity contribution in [3.63, 3.8) is 0 Å². The summed E-state index contributed by atoms with van der Waals surface area (Å²) in [6, 6.07) is 6.33. The number of benzene rings is 1. The summed E-state index contributed by atoms with van der Waals surface area (Å²) in [6.45, 7) is 4.95. The molecule has 3 aliphatic carbocycles. The highest BCUT2D eigenvalue weighted by atomic mass is 35.5. The number of ether oxygens (including phenoxy) is 1. The predicted molar refractivity (Wildman–Crippen MR) is 93.0 cm³/mol. The fraction of sp³-hybridized carbons (Fsp3) is 0.474. The molecule has 0 aromatic heterocycles. The topological polar surface area (TPSA) is 55.4 Å². The number of fused-ring (bicyclic) bond motifs is 1. The highest BCUT2D eigenvalue weighted by Crippen LogP contribution is 2.58. The molecular weight excluding hydrogens is 326 g/mol. The smallest absolute Gasteiger partial charge is 0.414 e. The van der Waals surface area contributed by atoms with Crippen LogP contribution in [0.4, 0.5) is 4.79 Å². The Balaban J connectivity index is 1.42. The first kappa shape index (κ1) is 17.0. The molecule has 0 spiro atoms. The molecule has 2 amide bonds. The van der Waals surface area contributed by atoms with Gasteiger partial charge in [-0.3, -0.25) is 10.1 Å². The molecule has 0 heterocycles. The van der Waals surface area contributed by atoms with E-state index in [2.05, 4.69) is 25.2 Å². The second-order valence-corrected chi connectivity index (χ2v) is 7.67. The van der Waals surface area contributed by atoms with Crippen molar-refractivity contribution in [2.45, 2.75) is 33.1 Å². The molecule has 2 bridgehead atoms. The van der Waals surface area contributed by atoms with Gasteiger partial charge < -0.3 is 4.74 Å². The van der Waals surface area contributed by atoms with Crippen LogP contribution in [0.25, 0.3) is 0 Å². The monoisotopic (exact) mass is 347 g/mol. The molecule has 24 heavy (non-hydrogen) atoms. The molecule has 3 aliphatic rings. The van der Waals surface area contributed by atoms with Crippen LogP contribution in [0.3, 0.4) is 0 Å². The first-order valence-corrected chi connectivity index (χ1v) is 8.67. The average Bonchev–Trinajstić information content (AvgIpc) is 2.55. The molecule has 0 unspecified atom stereocenters. The number of nitrogens with one attached hydrogen (secondary N) is 1. The van der Waals surface area contributed by atoms with Gasteiger partial charge in [0, 0.05) is 17.0 Å². The van der Waals surface area contributed by atoms with Gasteiger partial charge in [0.2, 0.25) is 0 Å². The van der Waals surface area contributed by atoms with Crippen molar-refractivity contribution >= 4 is 23.6 Å². The summed E-state index contributed by atoms with van der Waals surface area (Å²) in [5.41, 5.74) is 2.16. The van der Waals surface area contributed by atoms with E-state index in [9.17, 15) is 9.59 Å². The third-order valence-corrected chi connectivity index (χ3v) is 5.72. The zero-order valence-corrected chi connectivity index (χ0v) is 14.7. The lowest BCUT2D eigenvalue weighted by Gasteiger charge is -2.55. The average molecular weight is 348 g/mol. The quantitative estimate of drug-likeness (QED) is 0.810. The van der Waals surface area contributed by atoms with Crippen molar-refractivity contribution < 1.29 is 14.3 Å². The highest BCUT2D eigenvalue weighted by molar-refractivity contribution is 6.30. The largest absolute Gasteiger partial charge is 0.449 e. The molecule has 1 saturated carbocycles. The van der Waals surface area contributed by atoms with E-state index in [1.54, 1.807) is 24.3 Å². The normalized spacial score (nSPS) is 23.7. The van der Waals surface area contributed by atoms with Crippen LogP contribution in [0.2, 0.25) is 5.02 Å². The zero-order chi connectivity index (χ0) is 17.3. The third-order valence-electron chi connectivity index (χ3n) is 5.47. The molecule has 0 saturated heterocycles. The van der Waals surface area contributed by atoms with Crippen LogP contribution in [-0.4, -0.2) is 18.6 Å². The van der Waals surface area contributed by atoms with Gasteiger partial charge in [0.05, 0.1) is 6.61 Å². The van der Waals surface area contributed by atoms with E-state index >= 15 is 0 Å². The Kier molecular flexibility index (Phi) is 4.68. The van der Waals surface area contributed by atoms with E-state index in [0.717, 1.165) is 18.8 Å². The van der Waals surface area contributed by atoms with Crippen molar-refractivity contribution in [3.8, 4) is 0 Å². The van der Waals surface area contributed by atoms with Gasteiger partial charge in [-0.25, -0.2) is 4.79 Å². The Hall–Kier alpha value is -1.81. The van der Waals surface area contributed by atoms with Crippen molar-refractivity contribution in [2.24, 2.45) is 17.3 Å². The summed E-state index contributed by atoms with van der Waals surface area (Å²) in [5, 5.41) is 2.76. The molecule has 1 aromatic carbocycles. The van der Waals surface area contributed by atoms with Crippen LogP contribution >= 0.6 is 11.6 Å². The van der Waals surface area contributed by atoms with Crippen LogP contribution in [0.1, 0.15) is 43.5 Å². The Morgan fingerprint density at radius 3 is 2.58 bits per heavy atom. The molecule has 2 atom stereocenters. The SMILES string of the molecule is CC1(C)[C@H]2CC(CCOC(=O)NC(=O)c3ccc(Cl)cc3)=C[C@@H]1C2. The van der Waals surface area contributed by atoms with E-state index in [-0.39, 0.29) is 0 Å². The number of halogens is 1. The van der Waals surface area contributed by atoms with Gasteiger partial charge in [-0.15, -0.1) is 0 Å². The molecular formula is C19H22ClNO3. The number of alkyl carbamates (subject to hydrolysis) is 1. The van der Waals surface area contributed by atoms with E-state index in [1.165, 1.54) is 12.0 Å². The van der Waals surface area contributed by atoms with E-state index in [0.29, 0.717) is 28.5 Å². The highest BCUT2D eigenvalue weighted by Gasteiger charge is 2.49. The second-order valence-electron chi connectivity index (χ2n) is 7.24. The van der Waals surface area contributed by atoms with Crippen molar-refractivity contribution in [1.29, 1.82) is 0 Å². The van der Waals surface area contributed by atoms with Crippen molar-refractivity contribution in [3.05, 3.63) is 46.5 Å². The Labute approximate surface area is 147 Å². The molecule has 0 aliphatic heterocycles. The predicted octanol–water partition coefficient (Wildman–Crippen LogP) is 4.59. The fourth-order valence-corrected chi connectivity index (χ4v) is 3.74. The first-order chi connectivity index (χ1) is 11.4. The number of amides is 2. The molecule has 4 rings (SSSR count). The number of rotatable bonds is 4. The Morgan fingerprint density at radius 1 is 1.29 bits per heavy atom. The maximum atomic E-state index is 11.9. The molecule has 128 valence electrons. The van der Waals surface area contributed by atoms with Gasteiger partial charge in [0.25, 0.3) is 5.91 Å². The lowest BCUT2D eigenvalue weighted by molar-refractivity contribution is -0.00241.